The predicted molar refractivity (Wildman–Crippen MR) is 179 cm³/mol. The Kier molecular flexibility index (Phi) is 14.0. The van der Waals surface area contributed by atoms with E-state index >= 15 is 0 Å². The molecule has 0 amide bonds. The summed E-state index contributed by atoms with van der Waals surface area (Å²) in [6, 6.07) is 8.21. The van der Waals surface area contributed by atoms with Crippen LogP contribution in [0.2, 0.25) is 0 Å². The van der Waals surface area contributed by atoms with Gasteiger partial charge in [-0.15, -0.1) is 20.5 Å². The van der Waals surface area contributed by atoms with Crippen molar-refractivity contribution in [1.82, 2.24) is 9.13 Å². The second-order valence-electron chi connectivity index (χ2n) is 10.5. The van der Waals surface area contributed by atoms with Gasteiger partial charge in [0.15, 0.2) is 5.69 Å². The standard InChI is InChI=1S/C17H17N5O5.C14H11N5O5.Co/c1-3-4-7-21-16(24)12(9-18)10(2)15(17(21)25)20-19-13-8-11(22(26)27)5-6-14(13)23;1-7-11(15-2)13(21)18(3)14(22)12(7)17-16-9-6-8(19(23)24)4-5-10(9)20;/h5-6,8,23,25H,3-4,7H2,1-2H3;4-6,20,22H,1,3H3;. The molecule has 2 aromatic carbocycles. The van der Waals surface area contributed by atoms with Crippen LogP contribution in [0.5, 0.6) is 23.3 Å². The number of rotatable bonds is 9. The van der Waals surface area contributed by atoms with Gasteiger partial charge in [0.1, 0.15) is 40.2 Å². The van der Waals surface area contributed by atoms with Crippen molar-refractivity contribution < 1.29 is 47.1 Å². The van der Waals surface area contributed by atoms with E-state index in [4.69, 9.17) is 6.57 Å². The minimum atomic E-state index is -0.683. The van der Waals surface area contributed by atoms with Gasteiger partial charge in [0.2, 0.25) is 11.8 Å². The van der Waals surface area contributed by atoms with Crippen LogP contribution in [-0.2, 0) is 30.4 Å². The third kappa shape index (κ3) is 8.78. The first-order valence-corrected chi connectivity index (χ1v) is 14.5. The zero-order valence-corrected chi connectivity index (χ0v) is 28.7. The number of aromatic nitrogens is 2. The van der Waals surface area contributed by atoms with E-state index in [-0.39, 0.29) is 91.3 Å². The van der Waals surface area contributed by atoms with Crippen LogP contribution < -0.4 is 11.1 Å². The molecule has 2 heterocycles. The van der Waals surface area contributed by atoms with Crippen molar-refractivity contribution >= 4 is 39.8 Å². The van der Waals surface area contributed by atoms with Crippen molar-refractivity contribution in [2.24, 2.45) is 27.5 Å². The van der Waals surface area contributed by atoms with E-state index in [9.17, 15) is 55.5 Å². The zero-order valence-electron chi connectivity index (χ0n) is 27.6. The number of phenols is 2. The van der Waals surface area contributed by atoms with Gasteiger partial charge in [-0.3, -0.25) is 39.0 Å². The van der Waals surface area contributed by atoms with Crippen molar-refractivity contribution in [2.45, 2.75) is 40.2 Å². The van der Waals surface area contributed by atoms with Gasteiger partial charge in [0.25, 0.3) is 28.2 Å². The van der Waals surface area contributed by atoms with E-state index in [0.717, 1.165) is 52.0 Å². The summed E-state index contributed by atoms with van der Waals surface area (Å²) in [7, 11) is 1.26. The third-order valence-corrected chi connectivity index (χ3v) is 7.22. The summed E-state index contributed by atoms with van der Waals surface area (Å²) >= 11 is 0. The van der Waals surface area contributed by atoms with Gasteiger partial charge in [-0.2, -0.15) is 5.26 Å². The number of aromatic hydroxyl groups is 4. The number of nitriles is 1. The third-order valence-electron chi connectivity index (χ3n) is 7.22. The van der Waals surface area contributed by atoms with Gasteiger partial charge in [-0.05, 0) is 38.0 Å². The number of hydrogen-bond acceptors (Lipinski definition) is 15. The van der Waals surface area contributed by atoms with Gasteiger partial charge in [0.05, 0.1) is 16.4 Å². The fourth-order valence-electron chi connectivity index (χ4n) is 4.30. The van der Waals surface area contributed by atoms with Crippen LogP contribution in [0.1, 0.15) is 36.5 Å². The molecule has 0 atom stereocenters. The fraction of sp³-hybridized carbons (Fsp3) is 0.226. The second-order valence-corrected chi connectivity index (χ2v) is 10.5. The quantitative estimate of drug-likeness (QED) is 0.0614. The number of hydrogen-bond donors (Lipinski definition) is 4. The summed E-state index contributed by atoms with van der Waals surface area (Å²) in [6.07, 6.45) is 1.36. The van der Waals surface area contributed by atoms with Gasteiger partial charge in [0, 0.05) is 60.2 Å². The van der Waals surface area contributed by atoms with Gasteiger partial charge < -0.3 is 20.4 Å². The minimum Gasteiger partial charge on any atom is -0.506 e. The maximum Gasteiger partial charge on any atom is 0.271 e. The normalized spacial score (nSPS) is 10.6. The molecule has 0 unspecified atom stereocenters. The molecule has 4 rings (SSSR count). The van der Waals surface area contributed by atoms with Crippen LogP contribution >= 0.6 is 0 Å². The molecule has 20 nitrogen and oxygen atoms in total. The monoisotopic (exact) mass is 759 g/mol. The molecule has 52 heavy (non-hydrogen) atoms. The molecule has 0 saturated heterocycles. The molecule has 4 N–H and O–H groups in total. The SMILES string of the molecule is CCCCn1c(O)c(N=Nc2cc([N+](=O)[O-])ccc2O)c(C)c(C#N)c1=O.[C-]#[N+]c1c(C)c(N=Nc2cc([N+](=O)[O-])ccc2O)c(O)n(C)c1=O.[Co]. The number of nitrogens with zero attached hydrogens (tertiary/aromatic N) is 10. The van der Waals surface area contributed by atoms with Crippen LogP contribution in [0.15, 0.2) is 66.4 Å². The first-order chi connectivity index (χ1) is 24.1. The summed E-state index contributed by atoms with van der Waals surface area (Å²) in [5, 5.41) is 85.8. The molecule has 1 radical (unpaired) electrons. The van der Waals surface area contributed by atoms with Gasteiger partial charge in [-0.25, -0.2) is 4.85 Å². The molecule has 21 heteroatoms. The van der Waals surface area contributed by atoms with Crippen molar-refractivity contribution in [3.63, 3.8) is 0 Å². The molecule has 2 aromatic heterocycles. The van der Waals surface area contributed by atoms with Crippen molar-refractivity contribution in [3.05, 3.63) is 105 Å². The Bertz CT molecular complexity index is 2320. The number of azo groups is 2. The molecular weight excluding hydrogens is 731 g/mol. The Morgan fingerprint density at radius 3 is 1.75 bits per heavy atom. The number of nitro benzene ring substituents is 2. The summed E-state index contributed by atoms with van der Waals surface area (Å²) < 4.78 is 1.87. The smallest absolute Gasteiger partial charge is 0.271 e. The summed E-state index contributed by atoms with van der Waals surface area (Å²) in [5.41, 5.74) is -2.72. The Morgan fingerprint density at radius 2 is 1.33 bits per heavy atom. The van der Waals surface area contributed by atoms with E-state index in [2.05, 4.69) is 25.3 Å². The van der Waals surface area contributed by atoms with Gasteiger partial charge in [-0.1, -0.05) is 13.3 Å². The Morgan fingerprint density at radius 1 is 0.846 bits per heavy atom. The second kappa shape index (κ2) is 17.6. The molecule has 0 aliphatic carbocycles. The van der Waals surface area contributed by atoms with E-state index in [0.29, 0.717) is 6.42 Å². The summed E-state index contributed by atoms with van der Waals surface area (Å²) in [5.74, 6) is -1.67. The molecule has 271 valence electrons. The molecule has 4 aromatic rings. The summed E-state index contributed by atoms with van der Waals surface area (Å²) in [4.78, 5) is 47.6. The number of non-ortho nitro benzene ring substituents is 2. The zero-order chi connectivity index (χ0) is 38.2. The number of nitro groups is 2. The number of phenolic OH excluding ortho intramolecular Hbond substituents is 2. The van der Waals surface area contributed by atoms with Crippen molar-refractivity contribution in [1.29, 1.82) is 5.26 Å². The van der Waals surface area contributed by atoms with E-state index < -0.39 is 32.7 Å². The van der Waals surface area contributed by atoms with E-state index in [1.807, 2.05) is 6.92 Å². The van der Waals surface area contributed by atoms with Gasteiger partial charge >= 0.3 is 0 Å². The average molecular weight is 760 g/mol. The minimum absolute atomic E-state index is 0. The van der Waals surface area contributed by atoms with Crippen molar-refractivity contribution in [2.75, 3.05) is 0 Å². The molecule has 0 aliphatic heterocycles. The Balaban J connectivity index is 0.000000356. The maximum absolute atomic E-state index is 12.3. The molecule has 0 spiro atoms. The van der Waals surface area contributed by atoms with E-state index in [1.54, 1.807) is 6.07 Å². The van der Waals surface area contributed by atoms with Crippen LogP contribution in [0, 0.1) is 52.0 Å². The molecule has 0 aliphatic rings. The first kappa shape index (κ1) is 41.2. The topological polar surface area (TPSA) is 289 Å². The fourth-order valence-corrected chi connectivity index (χ4v) is 4.30. The first-order valence-electron chi connectivity index (χ1n) is 14.5. The molecule has 0 saturated carbocycles. The number of benzene rings is 2. The van der Waals surface area contributed by atoms with Crippen LogP contribution in [0.25, 0.3) is 4.85 Å². The number of unbranched alkanes of at least 4 members (excludes halogenated alkanes) is 1. The largest absolute Gasteiger partial charge is 0.506 e. The summed E-state index contributed by atoms with van der Waals surface area (Å²) in [6.45, 7) is 12.0. The van der Waals surface area contributed by atoms with E-state index in [1.165, 1.54) is 20.9 Å². The van der Waals surface area contributed by atoms with Crippen LogP contribution in [0.4, 0.5) is 39.8 Å². The molecular formula is C31H28CoN10O10. The molecule has 0 bridgehead atoms. The van der Waals surface area contributed by atoms with Crippen molar-refractivity contribution in [3.8, 4) is 29.3 Å². The maximum atomic E-state index is 12.3. The predicted octanol–water partition coefficient (Wildman–Crippen LogP) is 6.54. The van der Waals surface area contributed by atoms with Crippen LogP contribution in [0.3, 0.4) is 0 Å². The average Bonchev–Trinajstić information content (AvgIpc) is 3.09. The number of pyridine rings is 2. The Hall–Kier alpha value is -6.97. The Labute approximate surface area is 303 Å². The molecule has 0 fully saturated rings. The van der Waals surface area contributed by atoms with Crippen LogP contribution in [-0.4, -0.2) is 39.4 Å².